The van der Waals surface area contributed by atoms with Crippen LogP contribution in [0.1, 0.15) is 18.6 Å². The number of esters is 1. The molecule has 0 saturated carbocycles. The first-order valence-corrected chi connectivity index (χ1v) is 5.48. The number of carbonyl (C=O) groups excluding carboxylic acids is 1. The average Bonchev–Trinajstić information content (AvgIpc) is 2.27. The summed E-state index contributed by atoms with van der Waals surface area (Å²) in [6, 6.07) is 1.57. The summed E-state index contributed by atoms with van der Waals surface area (Å²) >= 11 is 3.18. The maximum absolute atomic E-state index is 11.2. The molecule has 0 aromatic carbocycles. The SMILES string of the molecule is CCOC(=O)C(O)C(O)c1cncc(Br)c1. The second-order valence-electron chi connectivity index (χ2n) is 3.08. The summed E-state index contributed by atoms with van der Waals surface area (Å²) in [6.07, 6.45) is -0.0368. The van der Waals surface area contributed by atoms with Crippen molar-refractivity contribution < 1.29 is 19.7 Å². The minimum Gasteiger partial charge on any atom is -0.464 e. The highest BCUT2D eigenvalue weighted by atomic mass is 79.9. The molecule has 5 nitrogen and oxygen atoms in total. The predicted molar refractivity (Wildman–Crippen MR) is 59.5 cm³/mol. The zero-order chi connectivity index (χ0) is 12.1. The lowest BCUT2D eigenvalue weighted by Gasteiger charge is -2.16. The Balaban J connectivity index is 2.77. The van der Waals surface area contributed by atoms with Gasteiger partial charge in [0.2, 0.25) is 0 Å². The van der Waals surface area contributed by atoms with Gasteiger partial charge in [0.05, 0.1) is 6.61 Å². The van der Waals surface area contributed by atoms with Gasteiger partial charge in [0.1, 0.15) is 6.10 Å². The van der Waals surface area contributed by atoms with Crippen LogP contribution in [-0.2, 0) is 9.53 Å². The van der Waals surface area contributed by atoms with Crippen molar-refractivity contribution in [2.24, 2.45) is 0 Å². The second kappa shape index (κ2) is 5.93. The van der Waals surface area contributed by atoms with Gasteiger partial charge < -0.3 is 14.9 Å². The molecule has 0 aliphatic carbocycles. The average molecular weight is 290 g/mol. The first-order chi connectivity index (χ1) is 7.56. The van der Waals surface area contributed by atoms with E-state index in [1.807, 2.05) is 0 Å². The van der Waals surface area contributed by atoms with Crippen LogP contribution in [0.2, 0.25) is 0 Å². The molecule has 0 spiro atoms. The van der Waals surface area contributed by atoms with Crippen molar-refractivity contribution >= 4 is 21.9 Å². The number of carbonyl (C=O) groups is 1. The zero-order valence-corrected chi connectivity index (χ0v) is 10.2. The van der Waals surface area contributed by atoms with E-state index in [0.717, 1.165) is 0 Å². The third-order valence-electron chi connectivity index (χ3n) is 1.89. The van der Waals surface area contributed by atoms with Gasteiger partial charge >= 0.3 is 5.97 Å². The molecule has 0 amide bonds. The van der Waals surface area contributed by atoms with E-state index in [4.69, 9.17) is 0 Å². The lowest BCUT2D eigenvalue weighted by atomic mass is 10.1. The van der Waals surface area contributed by atoms with E-state index in [2.05, 4.69) is 25.7 Å². The normalized spacial score (nSPS) is 14.2. The van der Waals surface area contributed by atoms with Crippen molar-refractivity contribution in [1.82, 2.24) is 4.98 Å². The highest BCUT2D eigenvalue weighted by Crippen LogP contribution is 2.20. The highest BCUT2D eigenvalue weighted by Gasteiger charge is 2.27. The van der Waals surface area contributed by atoms with Gasteiger partial charge in [-0.2, -0.15) is 0 Å². The molecule has 1 aromatic heterocycles. The van der Waals surface area contributed by atoms with E-state index in [1.54, 1.807) is 13.0 Å². The number of nitrogens with zero attached hydrogens (tertiary/aromatic N) is 1. The van der Waals surface area contributed by atoms with E-state index in [-0.39, 0.29) is 6.61 Å². The van der Waals surface area contributed by atoms with Crippen LogP contribution in [0.4, 0.5) is 0 Å². The van der Waals surface area contributed by atoms with E-state index in [1.165, 1.54) is 12.4 Å². The van der Waals surface area contributed by atoms with Gasteiger partial charge in [-0.05, 0) is 28.9 Å². The van der Waals surface area contributed by atoms with Gasteiger partial charge in [0.25, 0.3) is 0 Å². The molecule has 2 N–H and O–H groups in total. The van der Waals surface area contributed by atoms with Crippen LogP contribution in [0.15, 0.2) is 22.9 Å². The molecule has 1 heterocycles. The zero-order valence-electron chi connectivity index (χ0n) is 8.63. The number of hydrogen-bond donors (Lipinski definition) is 2. The van der Waals surface area contributed by atoms with Crippen LogP contribution in [-0.4, -0.2) is 33.9 Å². The van der Waals surface area contributed by atoms with Crippen LogP contribution in [0.25, 0.3) is 0 Å². The number of rotatable bonds is 4. The summed E-state index contributed by atoms with van der Waals surface area (Å²) in [5.74, 6) is -0.852. The molecule has 0 radical (unpaired) electrons. The molecule has 88 valence electrons. The van der Waals surface area contributed by atoms with Crippen LogP contribution in [0.3, 0.4) is 0 Å². The number of halogens is 1. The van der Waals surface area contributed by atoms with Crippen molar-refractivity contribution in [2.45, 2.75) is 19.1 Å². The van der Waals surface area contributed by atoms with Gasteiger partial charge in [0, 0.05) is 22.4 Å². The molecule has 0 aliphatic rings. The van der Waals surface area contributed by atoms with Crippen molar-refractivity contribution in [3.63, 3.8) is 0 Å². The number of hydrogen-bond acceptors (Lipinski definition) is 5. The molecule has 16 heavy (non-hydrogen) atoms. The van der Waals surface area contributed by atoms with Crippen molar-refractivity contribution in [2.75, 3.05) is 6.61 Å². The monoisotopic (exact) mass is 289 g/mol. The summed E-state index contributed by atoms with van der Waals surface area (Å²) < 4.78 is 5.25. The Morgan fingerprint density at radius 2 is 2.25 bits per heavy atom. The molecule has 0 bridgehead atoms. The number of ether oxygens (including phenoxy) is 1. The Bertz CT molecular complexity index is 372. The van der Waals surface area contributed by atoms with Gasteiger partial charge in [-0.25, -0.2) is 4.79 Å². The topological polar surface area (TPSA) is 79.7 Å². The number of aliphatic hydroxyl groups is 2. The van der Waals surface area contributed by atoms with Crippen LogP contribution < -0.4 is 0 Å². The Morgan fingerprint density at radius 3 is 2.81 bits per heavy atom. The summed E-state index contributed by atoms with van der Waals surface area (Å²) in [5, 5.41) is 19.2. The van der Waals surface area contributed by atoms with Gasteiger partial charge in [-0.15, -0.1) is 0 Å². The third-order valence-corrected chi connectivity index (χ3v) is 2.33. The summed E-state index contributed by atoms with van der Waals surface area (Å²) in [7, 11) is 0. The molecule has 0 aliphatic heterocycles. The molecular formula is C10H12BrNO4. The fourth-order valence-corrected chi connectivity index (χ4v) is 1.51. The molecule has 1 aromatic rings. The summed E-state index contributed by atoms with van der Waals surface area (Å²) in [6.45, 7) is 1.77. The fraction of sp³-hybridized carbons (Fsp3) is 0.400. The Morgan fingerprint density at radius 1 is 1.56 bits per heavy atom. The number of pyridine rings is 1. The van der Waals surface area contributed by atoms with Gasteiger partial charge in [0.15, 0.2) is 6.10 Å². The molecule has 0 saturated heterocycles. The Kier molecular flexibility index (Phi) is 4.85. The number of aliphatic hydroxyl groups excluding tert-OH is 2. The van der Waals surface area contributed by atoms with Crippen molar-refractivity contribution in [3.05, 3.63) is 28.5 Å². The fourth-order valence-electron chi connectivity index (χ4n) is 1.13. The molecule has 0 fully saturated rings. The van der Waals surface area contributed by atoms with Crippen LogP contribution in [0, 0.1) is 0 Å². The quantitative estimate of drug-likeness (QED) is 0.802. The van der Waals surface area contributed by atoms with Crippen LogP contribution in [0.5, 0.6) is 0 Å². The Hall–Kier alpha value is -0.980. The molecule has 6 heteroatoms. The highest BCUT2D eigenvalue weighted by molar-refractivity contribution is 9.10. The van der Waals surface area contributed by atoms with Crippen molar-refractivity contribution in [3.8, 4) is 0 Å². The smallest absolute Gasteiger partial charge is 0.338 e. The largest absolute Gasteiger partial charge is 0.464 e. The maximum Gasteiger partial charge on any atom is 0.338 e. The van der Waals surface area contributed by atoms with E-state index >= 15 is 0 Å². The van der Waals surface area contributed by atoms with Crippen molar-refractivity contribution in [1.29, 1.82) is 0 Å². The minimum absolute atomic E-state index is 0.152. The first kappa shape index (κ1) is 13.1. The molecule has 2 unspecified atom stereocenters. The molecule has 2 atom stereocenters. The second-order valence-corrected chi connectivity index (χ2v) is 3.99. The minimum atomic E-state index is -1.60. The van der Waals surface area contributed by atoms with Crippen LogP contribution >= 0.6 is 15.9 Å². The van der Waals surface area contributed by atoms with E-state index in [0.29, 0.717) is 10.0 Å². The maximum atomic E-state index is 11.2. The van der Waals surface area contributed by atoms with E-state index in [9.17, 15) is 15.0 Å². The molecule has 1 rings (SSSR count). The lowest BCUT2D eigenvalue weighted by Crippen LogP contribution is -2.29. The van der Waals surface area contributed by atoms with Gasteiger partial charge in [-0.1, -0.05) is 0 Å². The summed E-state index contributed by atoms with van der Waals surface area (Å²) in [4.78, 5) is 15.0. The lowest BCUT2D eigenvalue weighted by molar-refractivity contribution is -0.159. The number of aromatic nitrogens is 1. The van der Waals surface area contributed by atoms with Gasteiger partial charge in [-0.3, -0.25) is 4.98 Å². The standard InChI is InChI=1S/C10H12BrNO4/c1-2-16-10(15)9(14)8(13)6-3-7(11)5-12-4-6/h3-5,8-9,13-14H,2H2,1H3. The predicted octanol–water partition coefficient (Wildman–Crippen LogP) is 0.801. The third kappa shape index (κ3) is 3.26. The first-order valence-electron chi connectivity index (χ1n) is 4.69. The molecular weight excluding hydrogens is 278 g/mol. The Labute approximate surface area is 101 Å². The van der Waals surface area contributed by atoms with E-state index < -0.39 is 18.2 Å². The summed E-state index contributed by atoms with van der Waals surface area (Å²) in [5.41, 5.74) is 0.343.